The van der Waals surface area contributed by atoms with Gasteiger partial charge in [-0.3, -0.25) is 4.79 Å². The zero-order valence-corrected chi connectivity index (χ0v) is 17.6. The number of aromatic nitrogens is 2. The molecule has 156 valence electrons. The summed E-state index contributed by atoms with van der Waals surface area (Å²) in [6, 6.07) is 7.82. The van der Waals surface area contributed by atoms with Crippen molar-refractivity contribution < 1.29 is 13.9 Å². The van der Waals surface area contributed by atoms with Crippen LogP contribution in [0.1, 0.15) is 50.8 Å². The summed E-state index contributed by atoms with van der Waals surface area (Å²) in [7, 11) is 1.97. The van der Waals surface area contributed by atoms with E-state index in [-0.39, 0.29) is 18.6 Å². The normalized spacial score (nSPS) is 25.2. The highest BCUT2D eigenvalue weighted by atomic mass is 35.5. The van der Waals surface area contributed by atoms with E-state index in [0.29, 0.717) is 28.1 Å². The van der Waals surface area contributed by atoms with Crippen LogP contribution in [0.15, 0.2) is 28.7 Å². The number of rotatable bonds is 8. The number of hydrogen-bond acceptors (Lipinski definition) is 6. The Morgan fingerprint density at radius 2 is 2.00 bits per heavy atom. The van der Waals surface area contributed by atoms with Gasteiger partial charge in [-0.1, -0.05) is 23.6 Å². The molecule has 2 fully saturated rings. The first-order valence-corrected chi connectivity index (χ1v) is 10.6. The number of carbonyl (C=O) groups is 1. The molecular formula is C21H27ClN4O3. The molecule has 0 unspecified atom stereocenters. The Labute approximate surface area is 175 Å². The average molecular weight is 419 g/mol. The Morgan fingerprint density at radius 1 is 1.28 bits per heavy atom. The minimum atomic E-state index is -0.0869. The van der Waals surface area contributed by atoms with E-state index < -0.39 is 0 Å². The number of nitrogens with zero attached hydrogens (tertiary/aromatic N) is 3. The SMILES string of the molecule is CCCN(C)c1nnc(C2CC3(CC(NC(=O)COc4ccc(Cl)cc4)C3)C2)o1. The van der Waals surface area contributed by atoms with Gasteiger partial charge in [-0.15, -0.1) is 5.10 Å². The van der Waals surface area contributed by atoms with E-state index in [4.69, 9.17) is 20.8 Å². The molecule has 1 heterocycles. The fourth-order valence-corrected chi connectivity index (χ4v) is 4.63. The maximum absolute atomic E-state index is 12.1. The van der Waals surface area contributed by atoms with E-state index in [0.717, 1.165) is 44.5 Å². The molecule has 0 radical (unpaired) electrons. The quantitative estimate of drug-likeness (QED) is 0.702. The molecular weight excluding hydrogens is 392 g/mol. The van der Waals surface area contributed by atoms with Gasteiger partial charge in [0.2, 0.25) is 5.89 Å². The fourth-order valence-electron chi connectivity index (χ4n) is 4.51. The first-order valence-electron chi connectivity index (χ1n) is 10.2. The standard InChI is InChI=1S/C21H27ClN4O3/c1-3-8-26(2)20-25-24-19(29-20)14-9-21(10-14)11-16(12-21)23-18(27)13-28-17-6-4-15(22)5-7-17/h4-7,14,16H,3,8-13H2,1-2H3,(H,23,27). The molecule has 1 amide bonds. The molecule has 1 aromatic carbocycles. The lowest BCUT2D eigenvalue weighted by atomic mass is 9.50. The lowest BCUT2D eigenvalue weighted by Gasteiger charge is -2.56. The van der Waals surface area contributed by atoms with Gasteiger partial charge in [0.15, 0.2) is 6.61 Å². The van der Waals surface area contributed by atoms with E-state index >= 15 is 0 Å². The third-order valence-electron chi connectivity index (χ3n) is 5.93. The van der Waals surface area contributed by atoms with E-state index in [2.05, 4.69) is 22.4 Å². The van der Waals surface area contributed by atoms with Crippen LogP contribution >= 0.6 is 11.6 Å². The van der Waals surface area contributed by atoms with Crippen LogP contribution in [0.25, 0.3) is 0 Å². The number of halogens is 1. The lowest BCUT2D eigenvalue weighted by Crippen LogP contribution is -2.56. The molecule has 1 aromatic heterocycles. The Morgan fingerprint density at radius 3 is 2.69 bits per heavy atom. The molecule has 2 aromatic rings. The summed E-state index contributed by atoms with van der Waals surface area (Å²) in [6.07, 6.45) is 5.16. The highest BCUT2D eigenvalue weighted by molar-refractivity contribution is 6.30. The van der Waals surface area contributed by atoms with E-state index in [1.807, 2.05) is 11.9 Å². The maximum atomic E-state index is 12.1. The predicted molar refractivity (Wildman–Crippen MR) is 110 cm³/mol. The largest absolute Gasteiger partial charge is 0.484 e. The van der Waals surface area contributed by atoms with Crippen LogP contribution in [0.5, 0.6) is 5.75 Å². The van der Waals surface area contributed by atoms with Crippen molar-refractivity contribution in [1.29, 1.82) is 0 Å². The van der Waals surface area contributed by atoms with Crippen LogP contribution in [0.4, 0.5) is 6.01 Å². The van der Waals surface area contributed by atoms with Crippen molar-refractivity contribution in [1.82, 2.24) is 15.5 Å². The average Bonchev–Trinajstić information content (AvgIpc) is 3.12. The summed E-state index contributed by atoms with van der Waals surface area (Å²) in [5.74, 6) is 1.64. The molecule has 7 nitrogen and oxygen atoms in total. The molecule has 1 N–H and O–H groups in total. The van der Waals surface area contributed by atoms with Crippen molar-refractivity contribution >= 4 is 23.5 Å². The maximum Gasteiger partial charge on any atom is 0.317 e. The number of carbonyl (C=O) groups excluding carboxylic acids is 1. The molecule has 0 bridgehead atoms. The van der Waals surface area contributed by atoms with Crippen molar-refractivity contribution in [2.45, 2.75) is 51.0 Å². The minimum absolute atomic E-state index is 0.0177. The third-order valence-corrected chi connectivity index (χ3v) is 6.18. The minimum Gasteiger partial charge on any atom is -0.484 e. The van der Waals surface area contributed by atoms with Crippen LogP contribution in [0.2, 0.25) is 5.02 Å². The van der Waals surface area contributed by atoms with Gasteiger partial charge in [0, 0.05) is 30.6 Å². The Bertz CT molecular complexity index is 840. The zero-order valence-electron chi connectivity index (χ0n) is 16.9. The molecule has 0 atom stereocenters. The van der Waals surface area contributed by atoms with Crippen molar-refractivity contribution in [2.24, 2.45) is 5.41 Å². The number of amides is 1. The number of benzene rings is 1. The van der Waals surface area contributed by atoms with Gasteiger partial charge >= 0.3 is 6.01 Å². The molecule has 2 saturated carbocycles. The van der Waals surface area contributed by atoms with Crippen molar-refractivity contribution in [3.63, 3.8) is 0 Å². The second-order valence-electron chi connectivity index (χ2n) is 8.36. The summed E-state index contributed by atoms with van der Waals surface area (Å²) in [6.45, 7) is 3.04. The Kier molecular flexibility index (Phi) is 5.67. The Balaban J connectivity index is 1.17. The van der Waals surface area contributed by atoms with E-state index in [1.165, 1.54) is 0 Å². The van der Waals surface area contributed by atoms with Gasteiger partial charge in [-0.25, -0.2) is 0 Å². The van der Waals surface area contributed by atoms with Crippen LogP contribution in [-0.4, -0.2) is 42.3 Å². The molecule has 2 aliphatic rings. The number of hydrogen-bond donors (Lipinski definition) is 1. The van der Waals surface area contributed by atoms with Crippen LogP contribution in [0.3, 0.4) is 0 Å². The van der Waals surface area contributed by atoms with Crippen LogP contribution in [-0.2, 0) is 4.79 Å². The van der Waals surface area contributed by atoms with E-state index in [9.17, 15) is 4.79 Å². The molecule has 29 heavy (non-hydrogen) atoms. The van der Waals surface area contributed by atoms with Crippen molar-refractivity contribution in [3.8, 4) is 5.75 Å². The third kappa shape index (κ3) is 4.50. The molecule has 2 aliphatic carbocycles. The molecule has 8 heteroatoms. The smallest absolute Gasteiger partial charge is 0.317 e. The summed E-state index contributed by atoms with van der Waals surface area (Å²) in [5.41, 5.74) is 0.323. The van der Waals surface area contributed by atoms with Crippen LogP contribution in [0, 0.1) is 5.41 Å². The molecule has 0 aliphatic heterocycles. The van der Waals surface area contributed by atoms with Gasteiger partial charge in [0.05, 0.1) is 0 Å². The highest BCUT2D eigenvalue weighted by Crippen LogP contribution is 2.61. The van der Waals surface area contributed by atoms with Crippen molar-refractivity contribution in [2.75, 3.05) is 25.1 Å². The first kappa shape index (κ1) is 20.0. The topological polar surface area (TPSA) is 80.5 Å². The van der Waals surface area contributed by atoms with E-state index in [1.54, 1.807) is 24.3 Å². The summed E-state index contributed by atoms with van der Waals surface area (Å²) in [5, 5.41) is 12.1. The van der Waals surface area contributed by atoms with Gasteiger partial charge in [0.1, 0.15) is 5.75 Å². The summed E-state index contributed by atoms with van der Waals surface area (Å²) < 4.78 is 11.3. The monoisotopic (exact) mass is 418 g/mol. The summed E-state index contributed by atoms with van der Waals surface area (Å²) >= 11 is 5.84. The van der Waals surface area contributed by atoms with Gasteiger partial charge < -0.3 is 19.4 Å². The summed E-state index contributed by atoms with van der Waals surface area (Å²) in [4.78, 5) is 14.1. The fraction of sp³-hybridized carbons (Fsp3) is 0.571. The highest BCUT2D eigenvalue weighted by Gasteiger charge is 2.54. The second kappa shape index (κ2) is 8.22. The van der Waals surface area contributed by atoms with Gasteiger partial charge in [-0.05, 0) is 61.8 Å². The number of nitrogens with one attached hydrogen (secondary N) is 1. The Hall–Kier alpha value is -2.28. The predicted octanol–water partition coefficient (Wildman–Crippen LogP) is 3.79. The zero-order chi connectivity index (χ0) is 20.4. The second-order valence-corrected chi connectivity index (χ2v) is 8.80. The van der Waals surface area contributed by atoms with Gasteiger partial charge in [-0.2, -0.15) is 0 Å². The molecule has 0 saturated heterocycles. The van der Waals surface area contributed by atoms with Gasteiger partial charge in [0.25, 0.3) is 5.91 Å². The molecule has 4 rings (SSSR count). The number of anilines is 1. The van der Waals surface area contributed by atoms with Crippen molar-refractivity contribution in [3.05, 3.63) is 35.2 Å². The first-order chi connectivity index (χ1) is 14.0. The lowest BCUT2D eigenvalue weighted by molar-refractivity contribution is -0.127. The molecule has 1 spiro atoms. The number of ether oxygens (including phenoxy) is 1. The van der Waals surface area contributed by atoms with Crippen LogP contribution < -0.4 is 15.0 Å².